The Balaban J connectivity index is 1.94. The first kappa shape index (κ1) is 15.3. The van der Waals surface area contributed by atoms with E-state index in [-0.39, 0.29) is 0 Å². The van der Waals surface area contributed by atoms with E-state index in [9.17, 15) is 0 Å². The summed E-state index contributed by atoms with van der Waals surface area (Å²) in [6.07, 6.45) is 2.14. The summed E-state index contributed by atoms with van der Waals surface area (Å²) in [7, 11) is 1.65. The van der Waals surface area contributed by atoms with Crippen LogP contribution in [-0.4, -0.2) is 11.7 Å². The van der Waals surface area contributed by atoms with E-state index in [2.05, 4.69) is 30.7 Å². The topological polar surface area (TPSA) is 49.4 Å². The Hall–Kier alpha value is -2.62. The molecule has 0 atom stereocenters. The van der Waals surface area contributed by atoms with Crippen molar-refractivity contribution in [1.82, 2.24) is 4.57 Å². The van der Waals surface area contributed by atoms with Gasteiger partial charge in [0.05, 0.1) is 12.6 Å². The third-order valence-corrected chi connectivity index (χ3v) is 3.95. The van der Waals surface area contributed by atoms with Crippen molar-refractivity contribution in [2.24, 2.45) is 0 Å². The summed E-state index contributed by atoms with van der Waals surface area (Å²) in [6.45, 7) is 4.81. The molecule has 120 valence electrons. The minimum absolute atomic E-state index is 0.360. The molecular weight excluding hydrogens is 288 g/mol. The van der Waals surface area contributed by atoms with Gasteiger partial charge in [0.1, 0.15) is 6.61 Å². The van der Waals surface area contributed by atoms with Crippen molar-refractivity contribution in [1.29, 1.82) is 0 Å². The molecule has 4 nitrogen and oxygen atoms in total. The second kappa shape index (κ2) is 6.24. The van der Waals surface area contributed by atoms with Crippen LogP contribution in [0.5, 0.6) is 11.5 Å². The molecule has 0 aliphatic carbocycles. The second-order valence-electron chi connectivity index (χ2n) is 5.87. The summed E-state index contributed by atoms with van der Waals surface area (Å²) in [5.74, 6) is 1.49. The third-order valence-electron chi connectivity index (χ3n) is 3.95. The van der Waals surface area contributed by atoms with E-state index in [1.165, 1.54) is 5.39 Å². The maximum absolute atomic E-state index is 5.98. The number of hydrogen-bond donors (Lipinski definition) is 1. The normalized spacial score (nSPS) is 11.1. The van der Waals surface area contributed by atoms with Crippen molar-refractivity contribution in [3.05, 3.63) is 54.2 Å². The number of nitrogens with two attached hydrogens (primary N) is 1. The molecule has 0 radical (unpaired) electrons. The number of methoxy groups -OCH3 is 1. The van der Waals surface area contributed by atoms with E-state index in [0.717, 1.165) is 28.3 Å². The van der Waals surface area contributed by atoms with Crippen LogP contribution in [0.4, 0.5) is 5.69 Å². The highest BCUT2D eigenvalue weighted by Crippen LogP contribution is 2.30. The number of rotatable bonds is 5. The van der Waals surface area contributed by atoms with E-state index >= 15 is 0 Å². The van der Waals surface area contributed by atoms with Gasteiger partial charge in [-0.1, -0.05) is 18.2 Å². The summed E-state index contributed by atoms with van der Waals surface area (Å²) < 4.78 is 13.5. The van der Waals surface area contributed by atoms with E-state index in [4.69, 9.17) is 15.2 Å². The van der Waals surface area contributed by atoms with Crippen LogP contribution in [0.3, 0.4) is 0 Å². The van der Waals surface area contributed by atoms with Gasteiger partial charge in [-0.2, -0.15) is 0 Å². The summed E-state index contributed by atoms with van der Waals surface area (Å²) in [5.41, 5.74) is 8.99. The van der Waals surface area contributed by atoms with E-state index < -0.39 is 0 Å². The predicted octanol–water partition coefficient (Wildman–Crippen LogP) is 4.39. The first-order valence-electron chi connectivity index (χ1n) is 7.75. The molecule has 2 aromatic carbocycles. The number of aromatic nitrogens is 1. The van der Waals surface area contributed by atoms with Gasteiger partial charge in [0.15, 0.2) is 11.5 Å². The fraction of sp³-hybridized carbons (Fsp3) is 0.263. The van der Waals surface area contributed by atoms with Crippen molar-refractivity contribution in [2.45, 2.75) is 26.5 Å². The quantitative estimate of drug-likeness (QED) is 0.711. The van der Waals surface area contributed by atoms with Crippen molar-refractivity contribution >= 4 is 16.6 Å². The van der Waals surface area contributed by atoms with Gasteiger partial charge in [0.2, 0.25) is 0 Å². The Morgan fingerprint density at radius 3 is 2.52 bits per heavy atom. The van der Waals surface area contributed by atoms with Crippen molar-refractivity contribution in [3.8, 4) is 11.5 Å². The summed E-state index contributed by atoms with van der Waals surface area (Å²) in [6, 6.07) is 14.0. The van der Waals surface area contributed by atoms with Gasteiger partial charge < -0.3 is 19.8 Å². The Morgan fingerprint density at radius 1 is 1.09 bits per heavy atom. The van der Waals surface area contributed by atoms with Crippen LogP contribution >= 0.6 is 0 Å². The van der Waals surface area contributed by atoms with E-state index in [1.54, 1.807) is 7.11 Å². The fourth-order valence-corrected chi connectivity index (χ4v) is 2.78. The molecule has 0 aliphatic rings. The van der Waals surface area contributed by atoms with Gasteiger partial charge >= 0.3 is 0 Å². The maximum Gasteiger partial charge on any atom is 0.161 e. The number of anilines is 1. The number of nitrogen functional groups attached to an aromatic ring is 1. The second-order valence-corrected chi connectivity index (χ2v) is 5.87. The van der Waals surface area contributed by atoms with Crippen LogP contribution in [-0.2, 0) is 6.61 Å². The summed E-state index contributed by atoms with van der Waals surface area (Å²) in [4.78, 5) is 0. The largest absolute Gasteiger partial charge is 0.493 e. The molecule has 0 spiro atoms. The molecule has 0 saturated heterocycles. The molecule has 2 N–H and O–H groups in total. The number of benzene rings is 2. The third kappa shape index (κ3) is 2.97. The van der Waals surface area contributed by atoms with Gasteiger partial charge in [-0.3, -0.25) is 0 Å². The smallest absolute Gasteiger partial charge is 0.161 e. The molecule has 1 heterocycles. The molecule has 3 rings (SSSR count). The highest BCUT2D eigenvalue weighted by atomic mass is 16.5. The highest BCUT2D eigenvalue weighted by molar-refractivity contribution is 5.86. The molecule has 0 unspecified atom stereocenters. The number of para-hydroxylation sites is 2. The average molecular weight is 310 g/mol. The van der Waals surface area contributed by atoms with Crippen LogP contribution < -0.4 is 15.2 Å². The zero-order valence-corrected chi connectivity index (χ0v) is 13.7. The molecule has 0 amide bonds. The van der Waals surface area contributed by atoms with Crippen molar-refractivity contribution < 1.29 is 9.47 Å². The first-order chi connectivity index (χ1) is 11.1. The number of ether oxygens (including phenoxy) is 2. The van der Waals surface area contributed by atoms with Crippen molar-refractivity contribution in [2.75, 3.05) is 12.8 Å². The molecule has 0 saturated carbocycles. The zero-order valence-electron chi connectivity index (χ0n) is 13.7. The lowest BCUT2D eigenvalue weighted by Gasteiger charge is -2.10. The van der Waals surface area contributed by atoms with Gasteiger partial charge in [0.25, 0.3) is 0 Å². The molecular formula is C19H22N2O2. The fourth-order valence-electron chi connectivity index (χ4n) is 2.78. The first-order valence-corrected chi connectivity index (χ1v) is 7.75. The van der Waals surface area contributed by atoms with Crippen LogP contribution in [0.15, 0.2) is 48.7 Å². The summed E-state index contributed by atoms with van der Waals surface area (Å²) in [5, 5.41) is 1.17. The van der Waals surface area contributed by atoms with Gasteiger partial charge in [-0.05, 0) is 38.1 Å². The minimum atomic E-state index is 0.360. The molecule has 0 aliphatic heterocycles. The summed E-state index contributed by atoms with van der Waals surface area (Å²) >= 11 is 0. The van der Waals surface area contributed by atoms with Gasteiger partial charge in [-0.15, -0.1) is 0 Å². The Morgan fingerprint density at radius 2 is 1.83 bits per heavy atom. The Labute approximate surface area is 136 Å². The molecule has 23 heavy (non-hydrogen) atoms. The van der Waals surface area contributed by atoms with E-state index in [0.29, 0.717) is 12.6 Å². The highest BCUT2D eigenvalue weighted by Gasteiger charge is 2.12. The molecule has 0 bridgehead atoms. The van der Waals surface area contributed by atoms with Crippen LogP contribution in [0.1, 0.15) is 25.5 Å². The average Bonchev–Trinajstić information content (AvgIpc) is 2.91. The molecule has 4 heteroatoms. The van der Waals surface area contributed by atoms with Crippen LogP contribution in [0.2, 0.25) is 0 Å². The van der Waals surface area contributed by atoms with E-state index in [1.807, 2.05) is 36.4 Å². The lowest BCUT2D eigenvalue weighted by molar-refractivity contribution is 0.285. The minimum Gasteiger partial charge on any atom is -0.493 e. The lowest BCUT2D eigenvalue weighted by atomic mass is 10.1. The van der Waals surface area contributed by atoms with Gasteiger partial charge in [0, 0.05) is 28.9 Å². The SMILES string of the molecule is COc1ccccc1OCc1cn(C(C)C)c2cc(N)ccc12. The van der Waals surface area contributed by atoms with Crippen molar-refractivity contribution in [3.63, 3.8) is 0 Å². The van der Waals surface area contributed by atoms with Gasteiger partial charge in [-0.25, -0.2) is 0 Å². The monoisotopic (exact) mass is 310 g/mol. The number of hydrogen-bond acceptors (Lipinski definition) is 3. The standard InChI is InChI=1S/C19H22N2O2/c1-13(2)21-11-14(16-9-8-15(20)10-17(16)21)12-23-19-7-5-4-6-18(19)22-3/h4-11,13H,12,20H2,1-3H3. The van der Waals surface area contributed by atoms with Crippen LogP contribution in [0.25, 0.3) is 10.9 Å². The van der Waals surface area contributed by atoms with Crippen LogP contribution in [0, 0.1) is 0 Å². The Bertz CT molecular complexity index is 821. The predicted molar refractivity (Wildman–Crippen MR) is 94.1 cm³/mol. The number of fused-ring (bicyclic) bond motifs is 1. The Kier molecular flexibility index (Phi) is 4.15. The lowest BCUT2D eigenvalue weighted by Crippen LogP contribution is -1.99. The molecule has 0 fully saturated rings. The number of nitrogens with zero attached hydrogens (tertiary/aromatic N) is 1. The molecule has 1 aromatic heterocycles. The zero-order chi connectivity index (χ0) is 16.4. The maximum atomic E-state index is 5.98. The molecule has 3 aromatic rings.